The predicted molar refractivity (Wildman–Crippen MR) is 100 cm³/mol. The first-order chi connectivity index (χ1) is 12.0. The van der Waals surface area contributed by atoms with E-state index in [0.29, 0.717) is 23.5 Å². The Balaban J connectivity index is 1.91. The molecule has 128 valence electrons. The molecule has 0 aliphatic heterocycles. The molecule has 2 atom stereocenters. The molecule has 1 heterocycles. The average molecular weight is 353 g/mol. The van der Waals surface area contributed by atoms with Crippen LogP contribution in [0.5, 0.6) is 0 Å². The lowest BCUT2D eigenvalue weighted by atomic mass is 9.99. The molecule has 0 amide bonds. The van der Waals surface area contributed by atoms with Crippen molar-refractivity contribution in [3.63, 3.8) is 0 Å². The summed E-state index contributed by atoms with van der Waals surface area (Å²) in [5.41, 5.74) is 7.73. The van der Waals surface area contributed by atoms with Gasteiger partial charge in [-0.15, -0.1) is 19.4 Å². The van der Waals surface area contributed by atoms with Gasteiger partial charge in [-0.1, -0.05) is 48.5 Å². The second-order valence-corrected chi connectivity index (χ2v) is 6.57. The van der Waals surface area contributed by atoms with E-state index in [9.17, 15) is 4.79 Å². The first kappa shape index (κ1) is 17.5. The number of hydrogen-bond donors (Lipinski definition) is 1. The van der Waals surface area contributed by atoms with Crippen LogP contribution < -0.4 is 5.73 Å². The van der Waals surface area contributed by atoms with Crippen molar-refractivity contribution < 1.29 is 9.21 Å². The molecule has 0 saturated heterocycles. The molecule has 6 heteroatoms. The Morgan fingerprint density at radius 1 is 1.12 bits per heavy atom. The Labute approximate surface area is 148 Å². The molecule has 2 N–H and O–H groups in total. The third kappa shape index (κ3) is 3.84. The zero-order valence-corrected chi connectivity index (χ0v) is 15.1. The van der Waals surface area contributed by atoms with Gasteiger partial charge in [-0.05, 0) is 24.7 Å². The highest BCUT2D eigenvalue weighted by molar-refractivity contribution is 7.16. The molecule has 2 aromatic carbocycles. The summed E-state index contributed by atoms with van der Waals surface area (Å²) in [5.74, 6) is 0.796. The number of carbonyl (C=O) groups excluding carboxylic acids is 1. The first-order valence-corrected chi connectivity index (χ1v) is 8.82. The summed E-state index contributed by atoms with van der Waals surface area (Å²) in [6, 6.07) is 16.8. The van der Waals surface area contributed by atoms with E-state index in [0.717, 1.165) is 11.1 Å². The highest BCUT2D eigenvalue weighted by Gasteiger charge is 2.27. The highest BCUT2D eigenvalue weighted by Crippen LogP contribution is 2.27. The van der Waals surface area contributed by atoms with Gasteiger partial charge in [-0.3, -0.25) is 4.79 Å². The van der Waals surface area contributed by atoms with Crippen molar-refractivity contribution in [2.45, 2.75) is 18.9 Å². The lowest BCUT2D eigenvalue weighted by Gasteiger charge is -2.16. The van der Waals surface area contributed by atoms with Gasteiger partial charge in [0.2, 0.25) is 11.8 Å². The SMILES string of the molecule is C[C@@](N)(CP)c1nnc(-c2ccccc2CC(=O)c2ccccc2)o1. The molecular weight excluding hydrogens is 333 g/mol. The van der Waals surface area contributed by atoms with E-state index in [1.54, 1.807) is 0 Å². The summed E-state index contributed by atoms with van der Waals surface area (Å²) in [6.45, 7) is 1.84. The van der Waals surface area contributed by atoms with Crippen LogP contribution in [0.3, 0.4) is 0 Å². The van der Waals surface area contributed by atoms with E-state index in [1.165, 1.54) is 0 Å². The fraction of sp³-hybridized carbons (Fsp3) is 0.211. The van der Waals surface area contributed by atoms with E-state index in [2.05, 4.69) is 19.4 Å². The number of hydrogen-bond acceptors (Lipinski definition) is 5. The van der Waals surface area contributed by atoms with Gasteiger partial charge in [0.15, 0.2) is 5.78 Å². The van der Waals surface area contributed by atoms with Crippen LogP contribution in [-0.4, -0.2) is 22.1 Å². The molecule has 0 aliphatic carbocycles. The normalized spacial score (nSPS) is 13.4. The number of benzene rings is 2. The summed E-state index contributed by atoms with van der Waals surface area (Å²) < 4.78 is 5.78. The van der Waals surface area contributed by atoms with Crippen molar-refractivity contribution in [2.24, 2.45) is 5.73 Å². The minimum Gasteiger partial charge on any atom is -0.419 e. The number of nitrogens with two attached hydrogens (primary N) is 1. The molecule has 0 spiro atoms. The summed E-state index contributed by atoms with van der Waals surface area (Å²) in [6.07, 6.45) is 0.865. The molecule has 1 unspecified atom stereocenters. The van der Waals surface area contributed by atoms with Crippen molar-refractivity contribution in [2.75, 3.05) is 6.16 Å². The van der Waals surface area contributed by atoms with Crippen molar-refractivity contribution in [1.82, 2.24) is 10.2 Å². The quantitative estimate of drug-likeness (QED) is 0.543. The monoisotopic (exact) mass is 353 g/mol. The molecule has 0 aliphatic rings. The Morgan fingerprint density at radius 3 is 2.52 bits per heavy atom. The largest absolute Gasteiger partial charge is 0.419 e. The van der Waals surface area contributed by atoms with Crippen LogP contribution in [0.1, 0.15) is 28.7 Å². The minimum absolute atomic E-state index is 0.0430. The average Bonchev–Trinajstić information content (AvgIpc) is 3.14. The Kier molecular flexibility index (Phi) is 5.07. The van der Waals surface area contributed by atoms with Crippen molar-refractivity contribution in [3.05, 3.63) is 71.6 Å². The zero-order valence-electron chi connectivity index (χ0n) is 14.0. The fourth-order valence-corrected chi connectivity index (χ4v) is 2.61. The first-order valence-electron chi connectivity index (χ1n) is 8.01. The smallest absolute Gasteiger partial charge is 0.248 e. The third-order valence-electron chi connectivity index (χ3n) is 4.03. The van der Waals surface area contributed by atoms with Gasteiger partial charge in [0.1, 0.15) is 0 Å². The molecule has 1 aromatic heterocycles. The third-order valence-corrected chi connectivity index (χ3v) is 4.88. The molecule has 0 saturated carbocycles. The topological polar surface area (TPSA) is 82.0 Å². The van der Waals surface area contributed by atoms with Crippen LogP contribution in [0.25, 0.3) is 11.5 Å². The number of nitrogens with zero attached hydrogens (tertiary/aromatic N) is 2. The minimum atomic E-state index is -0.704. The lowest BCUT2D eigenvalue weighted by Crippen LogP contribution is -2.35. The lowest BCUT2D eigenvalue weighted by molar-refractivity contribution is 0.0993. The van der Waals surface area contributed by atoms with E-state index < -0.39 is 5.54 Å². The number of ketones is 1. The van der Waals surface area contributed by atoms with Gasteiger partial charge in [-0.25, -0.2) is 0 Å². The molecular formula is C19H20N3O2P. The van der Waals surface area contributed by atoms with Crippen LogP contribution in [0.2, 0.25) is 0 Å². The van der Waals surface area contributed by atoms with Crippen LogP contribution in [0.15, 0.2) is 59.0 Å². The van der Waals surface area contributed by atoms with Gasteiger partial charge in [0, 0.05) is 17.5 Å². The van der Waals surface area contributed by atoms with Gasteiger partial charge < -0.3 is 10.2 Å². The van der Waals surface area contributed by atoms with Gasteiger partial charge in [0.05, 0.1) is 5.54 Å². The Morgan fingerprint density at radius 2 is 1.80 bits per heavy atom. The molecule has 3 aromatic rings. The Hall–Kier alpha value is -2.36. The van der Waals surface area contributed by atoms with Crippen LogP contribution >= 0.6 is 9.24 Å². The van der Waals surface area contributed by atoms with E-state index in [-0.39, 0.29) is 12.2 Å². The van der Waals surface area contributed by atoms with Crippen molar-refractivity contribution >= 4 is 15.0 Å². The molecule has 0 fully saturated rings. The standard InChI is InChI=1S/C19H20N3O2P/c1-19(20,12-25)18-22-21-17(24-18)15-10-6-5-9-14(15)11-16(23)13-7-3-2-4-8-13/h2-10H,11-12,20,25H2,1H3/t19-/m1/s1. The maximum absolute atomic E-state index is 12.5. The second-order valence-electron chi connectivity index (χ2n) is 6.16. The summed E-state index contributed by atoms with van der Waals surface area (Å²) in [4.78, 5) is 12.5. The van der Waals surface area contributed by atoms with Gasteiger partial charge in [-0.2, -0.15) is 0 Å². The predicted octanol–water partition coefficient (Wildman–Crippen LogP) is 3.21. The second kappa shape index (κ2) is 7.26. The van der Waals surface area contributed by atoms with Crippen molar-refractivity contribution in [1.29, 1.82) is 0 Å². The maximum Gasteiger partial charge on any atom is 0.248 e. The molecule has 5 nitrogen and oxygen atoms in total. The van der Waals surface area contributed by atoms with E-state index >= 15 is 0 Å². The maximum atomic E-state index is 12.5. The fourth-order valence-electron chi connectivity index (χ4n) is 2.43. The van der Waals surface area contributed by atoms with Gasteiger partial charge >= 0.3 is 0 Å². The van der Waals surface area contributed by atoms with Crippen molar-refractivity contribution in [3.8, 4) is 11.5 Å². The molecule has 0 bridgehead atoms. The van der Waals surface area contributed by atoms with E-state index in [1.807, 2.05) is 61.5 Å². The van der Waals surface area contributed by atoms with Crippen LogP contribution in [0.4, 0.5) is 0 Å². The number of aromatic nitrogens is 2. The summed E-state index contributed by atoms with van der Waals surface area (Å²) in [5, 5.41) is 8.20. The summed E-state index contributed by atoms with van der Waals surface area (Å²) in [7, 11) is 2.58. The molecule has 3 rings (SSSR count). The Bertz CT molecular complexity index is 875. The zero-order chi connectivity index (χ0) is 17.9. The molecule has 0 radical (unpaired) electrons. The number of carbonyl (C=O) groups is 1. The van der Waals surface area contributed by atoms with Crippen LogP contribution in [-0.2, 0) is 12.0 Å². The van der Waals surface area contributed by atoms with Gasteiger partial charge in [0.25, 0.3) is 0 Å². The summed E-state index contributed by atoms with van der Waals surface area (Å²) >= 11 is 0. The molecule has 25 heavy (non-hydrogen) atoms. The number of Topliss-reactive ketones (excluding diaryl/α,β-unsaturated/α-hetero) is 1. The van der Waals surface area contributed by atoms with E-state index in [4.69, 9.17) is 10.2 Å². The van der Waals surface area contributed by atoms with Crippen LogP contribution in [0, 0.1) is 0 Å². The number of rotatable bonds is 6. The highest BCUT2D eigenvalue weighted by atomic mass is 31.0.